The number of carbonyl (C=O) groups excluding carboxylic acids is 2. The number of benzene rings is 2. The largest absolute Gasteiger partial charge is 0.496 e. The van der Waals surface area contributed by atoms with Crippen molar-refractivity contribution in [2.45, 2.75) is 26.4 Å². The molecule has 136 valence electrons. The summed E-state index contributed by atoms with van der Waals surface area (Å²) in [5.74, 6) is -0.723. The fourth-order valence-corrected chi connectivity index (χ4v) is 3.14. The fourth-order valence-electron chi connectivity index (χ4n) is 3.14. The van der Waals surface area contributed by atoms with Crippen LogP contribution in [0.2, 0.25) is 0 Å². The fraction of sp³-hybridized carbons (Fsp3) is 0.300. The van der Waals surface area contributed by atoms with Gasteiger partial charge in [-0.2, -0.15) is 0 Å². The molecule has 6 heteroatoms. The summed E-state index contributed by atoms with van der Waals surface area (Å²) in [4.78, 5) is 24.8. The molecule has 1 heterocycles. The van der Waals surface area contributed by atoms with E-state index in [0.29, 0.717) is 22.6 Å². The Labute approximate surface area is 150 Å². The Morgan fingerprint density at radius 3 is 2.65 bits per heavy atom. The molecule has 0 aromatic heterocycles. The van der Waals surface area contributed by atoms with Gasteiger partial charge in [-0.3, -0.25) is 4.79 Å². The van der Waals surface area contributed by atoms with E-state index in [-0.39, 0.29) is 24.2 Å². The molecule has 0 amide bonds. The van der Waals surface area contributed by atoms with Crippen LogP contribution < -0.4 is 9.47 Å². The lowest BCUT2D eigenvalue weighted by Crippen LogP contribution is -2.27. The van der Waals surface area contributed by atoms with Gasteiger partial charge in [-0.05, 0) is 37.6 Å². The van der Waals surface area contributed by atoms with Crippen LogP contribution in [0.1, 0.15) is 34.0 Å². The Morgan fingerprint density at radius 2 is 2.00 bits per heavy atom. The number of fused-ring (bicyclic) bond motifs is 1. The molecule has 1 aliphatic rings. The van der Waals surface area contributed by atoms with Gasteiger partial charge in [0.1, 0.15) is 17.3 Å². The topological polar surface area (TPSA) is 61.8 Å². The van der Waals surface area contributed by atoms with Crippen LogP contribution in [-0.2, 0) is 16.0 Å². The molecule has 0 fully saturated rings. The first-order valence-electron chi connectivity index (χ1n) is 8.30. The van der Waals surface area contributed by atoms with Crippen LogP contribution in [0.4, 0.5) is 4.39 Å². The van der Waals surface area contributed by atoms with Crippen LogP contribution in [0.3, 0.4) is 0 Å². The average Bonchev–Trinajstić information content (AvgIpc) is 3.06. The Hall–Kier alpha value is -2.89. The first-order valence-corrected chi connectivity index (χ1v) is 8.30. The van der Waals surface area contributed by atoms with Crippen LogP contribution in [0.5, 0.6) is 11.5 Å². The highest BCUT2D eigenvalue weighted by molar-refractivity contribution is 6.11. The minimum atomic E-state index is -0.757. The predicted octanol–water partition coefficient (Wildman–Crippen LogP) is 3.24. The third-order valence-electron chi connectivity index (χ3n) is 4.32. The zero-order chi connectivity index (χ0) is 18.8. The van der Waals surface area contributed by atoms with Crippen molar-refractivity contribution >= 4 is 11.8 Å². The highest BCUT2D eigenvalue weighted by Gasteiger charge is 2.34. The second kappa shape index (κ2) is 7.15. The van der Waals surface area contributed by atoms with Crippen LogP contribution >= 0.6 is 0 Å². The number of ketones is 1. The van der Waals surface area contributed by atoms with E-state index >= 15 is 0 Å². The van der Waals surface area contributed by atoms with Gasteiger partial charge in [0, 0.05) is 12.0 Å². The molecule has 0 saturated carbocycles. The summed E-state index contributed by atoms with van der Waals surface area (Å²) in [5, 5.41) is 0. The number of carbonyl (C=O) groups is 2. The summed E-state index contributed by atoms with van der Waals surface area (Å²) in [6.07, 6.45) is -0.469. The molecule has 2 aromatic rings. The Balaban J connectivity index is 2.03. The van der Waals surface area contributed by atoms with E-state index in [0.717, 1.165) is 0 Å². The maximum atomic E-state index is 14.0. The molecular formula is C20H19FO5. The van der Waals surface area contributed by atoms with Gasteiger partial charge < -0.3 is 14.2 Å². The van der Waals surface area contributed by atoms with E-state index in [9.17, 15) is 14.0 Å². The molecule has 1 atom stereocenters. The second-order valence-electron chi connectivity index (χ2n) is 5.94. The minimum Gasteiger partial charge on any atom is -0.496 e. The molecule has 3 rings (SSSR count). The highest BCUT2D eigenvalue weighted by atomic mass is 19.1. The monoisotopic (exact) mass is 358 g/mol. The lowest BCUT2D eigenvalue weighted by molar-refractivity contribution is -0.150. The Morgan fingerprint density at radius 1 is 1.27 bits per heavy atom. The summed E-state index contributed by atoms with van der Waals surface area (Å²) in [7, 11) is 1.44. The number of methoxy groups -OCH3 is 1. The molecule has 0 saturated heterocycles. The van der Waals surface area contributed by atoms with Crippen molar-refractivity contribution in [1.82, 2.24) is 0 Å². The van der Waals surface area contributed by atoms with Gasteiger partial charge in [0.25, 0.3) is 0 Å². The first-order chi connectivity index (χ1) is 12.5. The maximum absolute atomic E-state index is 14.0. The molecule has 1 unspecified atom stereocenters. The van der Waals surface area contributed by atoms with Gasteiger partial charge >= 0.3 is 5.97 Å². The van der Waals surface area contributed by atoms with E-state index in [1.165, 1.54) is 25.3 Å². The van der Waals surface area contributed by atoms with E-state index in [4.69, 9.17) is 14.2 Å². The van der Waals surface area contributed by atoms with Crippen molar-refractivity contribution in [3.05, 3.63) is 58.4 Å². The molecule has 0 radical (unpaired) electrons. The molecule has 2 aromatic carbocycles. The van der Waals surface area contributed by atoms with E-state index in [2.05, 4.69) is 0 Å². The van der Waals surface area contributed by atoms with Crippen LogP contribution in [0.15, 0.2) is 30.3 Å². The van der Waals surface area contributed by atoms with E-state index in [1.807, 2.05) is 0 Å². The van der Waals surface area contributed by atoms with Crippen LogP contribution in [0, 0.1) is 12.7 Å². The van der Waals surface area contributed by atoms with E-state index < -0.39 is 23.7 Å². The van der Waals surface area contributed by atoms with Crippen molar-refractivity contribution < 1.29 is 28.2 Å². The van der Waals surface area contributed by atoms with Gasteiger partial charge in [-0.25, -0.2) is 9.18 Å². The molecule has 26 heavy (non-hydrogen) atoms. The lowest BCUT2D eigenvalue weighted by Gasteiger charge is -2.15. The lowest BCUT2D eigenvalue weighted by atomic mass is 9.95. The minimum absolute atomic E-state index is 0.0361. The molecular weight excluding hydrogens is 339 g/mol. The zero-order valence-corrected chi connectivity index (χ0v) is 14.8. The smallest absolute Gasteiger partial charge is 0.347 e. The van der Waals surface area contributed by atoms with Crippen molar-refractivity contribution in [3.63, 3.8) is 0 Å². The predicted molar refractivity (Wildman–Crippen MR) is 92.3 cm³/mol. The van der Waals surface area contributed by atoms with Crippen molar-refractivity contribution in [2.24, 2.45) is 0 Å². The number of esters is 1. The third kappa shape index (κ3) is 3.03. The SMILES string of the molecule is CCOC(=O)C1Cc2cc(C(=O)c3ccccc3F)c(OC)c(C)c2O1. The number of hydrogen-bond donors (Lipinski definition) is 0. The summed E-state index contributed by atoms with van der Waals surface area (Å²) in [6.45, 7) is 3.72. The Bertz CT molecular complexity index is 875. The summed E-state index contributed by atoms with van der Waals surface area (Å²) >= 11 is 0. The van der Waals surface area contributed by atoms with Crippen molar-refractivity contribution in [2.75, 3.05) is 13.7 Å². The zero-order valence-electron chi connectivity index (χ0n) is 14.8. The molecule has 0 N–H and O–H groups in total. The number of rotatable bonds is 5. The van der Waals surface area contributed by atoms with Crippen molar-refractivity contribution in [3.8, 4) is 11.5 Å². The summed E-state index contributed by atoms with van der Waals surface area (Å²) in [5.41, 5.74) is 1.49. The quantitative estimate of drug-likeness (QED) is 0.607. The molecule has 5 nitrogen and oxygen atoms in total. The van der Waals surface area contributed by atoms with Crippen LogP contribution in [0.25, 0.3) is 0 Å². The van der Waals surface area contributed by atoms with Gasteiger partial charge in [0.2, 0.25) is 0 Å². The normalized spacial score (nSPS) is 15.2. The molecule has 0 bridgehead atoms. The number of hydrogen-bond acceptors (Lipinski definition) is 5. The molecule has 0 spiro atoms. The summed E-state index contributed by atoms with van der Waals surface area (Å²) < 4.78 is 30.2. The first kappa shape index (κ1) is 17.9. The Kier molecular flexibility index (Phi) is 4.93. The number of halogens is 1. The van der Waals surface area contributed by atoms with E-state index in [1.54, 1.807) is 26.0 Å². The summed E-state index contributed by atoms with van der Waals surface area (Å²) in [6, 6.07) is 7.39. The maximum Gasteiger partial charge on any atom is 0.347 e. The van der Waals surface area contributed by atoms with Crippen LogP contribution in [-0.4, -0.2) is 31.6 Å². The third-order valence-corrected chi connectivity index (χ3v) is 4.32. The number of ether oxygens (including phenoxy) is 3. The molecule has 0 aliphatic carbocycles. The van der Waals surface area contributed by atoms with Gasteiger partial charge in [-0.1, -0.05) is 12.1 Å². The van der Waals surface area contributed by atoms with Gasteiger partial charge in [0.05, 0.1) is 24.8 Å². The van der Waals surface area contributed by atoms with Crippen molar-refractivity contribution in [1.29, 1.82) is 0 Å². The second-order valence-corrected chi connectivity index (χ2v) is 5.94. The standard InChI is InChI=1S/C20H19FO5/c1-4-25-20(23)16-10-12-9-14(19(24-3)11(2)18(12)26-16)17(22)13-7-5-6-8-15(13)21/h5-9,16H,4,10H2,1-3H3. The van der Waals surface area contributed by atoms with Gasteiger partial charge in [0.15, 0.2) is 11.9 Å². The average molecular weight is 358 g/mol. The molecule has 1 aliphatic heterocycles. The highest BCUT2D eigenvalue weighted by Crippen LogP contribution is 2.41. The van der Waals surface area contributed by atoms with Gasteiger partial charge in [-0.15, -0.1) is 0 Å².